The maximum absolute atomic E-state index is 5.58. The fraction of sp³-hybridized carbons (Fsp3) is 0.875. The number of nitrogens with zero attached hydrogens (tertiary/aromatic N) is 4. The van der Waals surface area contributed by atoms with E-state index in [2.05, 4.69) is 15.5 Å². The lowest BCUT2D eigenvalue weighted by molar-refractivity contribution is 0.663. The van der Waals surface area contributed by atoms with Crippen LogP contribution < -0.4 is 0 Å². The van der Waals surface area contributed by atoms with Crippen molar-refractivity contribution in [3.63, 3.8) is 0 Å². The quantitative estimate of drug-likeness (QED) is 0.412. The average molecular weight is 235 g/mol. The van der Waals surface area contributed by atoms with Gasteiger partial charge < -0.3 is 0 Å². The third-order valence-corrected chi connectivity index (χ3v) is 3.20. The highest BCUT2D eigenvalue weighted by Crippen LogP contribution is 2.15. The van der Waals surface area contributed by atoms with Gasteiger partial charge in [0.15, 0.2) is 0 Å². The van der Waals surface area contributed by atoms with Crippen molar-refractivity contribution in [3.05, 3.63) is 0 Å². The maximum atomic E-state index is 5.58. The second-order valence-electron chi connectivity index (χ2n) is 3.04. The van der Waals surface area contributed by atoms with E-state index in [1.54, 1.807) is 16.4 Å². The summed E-state index contributed by atoms with van der Waals surface area (Å²) in [5.41, 5.74) is 0. The van der Waals surface area contributed by atoms with Crippen LogP contribution in [0.5, 0.6) is 0 Å². The molecule has 1 aromatic heterocycles. The molecular weight excluding hydrogens is 220 g/mol. The van der Waals surface area contributed by atoms with E-state index in [0.29, 0.717) is 0 Å². The molecule has 0 atom stereocenters. The molecule has 80 valence electrons. The molecule has 0 radical (unpaired) electrons. The maximum Gasteiger partial charge on any atom is 0.209 e. The molecule has 0 aromatic carbocycles. The molecule has 0 N–H and O–H groups in total. The number of rotatable bonds is 7. The van der Waals surface area contributed by atoms with Gasteiger partial charge in [0.25, 0.3) is 0 Å². The first-order chi connectivity index (χ1) is 6.84. The molecule has 6 heteroatoms. The first kappa shape index (κ1) is 11.8. The molecule has 0 saturated carbocycles. The molecule has 0 bridgehead atoms. The van der Waals surface area contributed by atoms with Gasteiger partial charge in [0, 0.05) is 18.7 Å². The zero-order valence-corrected chi connectivity index (χ0v) is 9.89. The first-order valence-corrected chi connectivity index (χ1v) is 6.27. The molecule has 1 rings (SSSR count). The van der Waals surface area contributed by atoms with Gasteiger partial charge in [-0.25, -0.2) is 4.68 Å². The normalized spacial score (nSPS) is 10.7. The van der Waals surface area contributed by atoms with E-state index >= 15 is 0 Å². The Morgan fingerprint density at radius 3 is 2.71 bits per heavy atom. The van der Waals surface area contributed by atoms with Crippen molar-refractivity contribution in [3.8, 4) is 0 Å². The number of hydrogen-bond donors (Lipinski definition) is 0. The molecule has 0 aliphatic carbocycles. The molecule has 14 heavy (non-hydrogen) atoms. The van der Waals surface area contributed by atoms with Crippen molar-refractivity contribution in [2.45, 2.75) is 30.8 Å². The molecule has 0 amide bonds. The molecule has 0 aliphatic rings. The van der Waals surface area contributed by atoms with Gasteiger partial charge in [-0.05, 0) is 23.3 Å². The lowest BCUT2D eigenvalue weighted by Crippen LogP contribution is -1.93. The van der Waals surface area contributed by atoms with Crippen LogP contribution in [-0.2, 0) is 7.05 Å². The summed E-state index contributed by atoms with van der Waals surface area (Å²) < 4.78 is 1.70. The van der Waals surface area contributed by atoms with Gasteiger partial charge in [0.2, 0.25) is 5.16 Å². The monoisotopic (exact) mass is 234 g/mol. The van der Waals surface area contributed by atoms with Crippen LogP contribution in [0, 0.1) is 0 Å². The van der Waals surface area contributed by atoms with Crippen LogP contribution in [-0.4, -0.2) is 31.8 Å². The highest BCUT2D eigenvalue weighted by molar-refractivity contribution is 7.99. The number of halogens is 1. The van der Waals surface area contributed by atoms with Crippen molar-refractivity contribution in [2.75, 3.05) is 11.6 Å². The molecule has 0 spiro atoms. The minimum absolute atomic E-state index is 0.778. The Kier molecular flexibility index (Phi) is 5.94. The highest BCUT2D eigenvalue weighted by Gasteiger charge is 2.01. The number of thioether (sulfide) groups is 1. The van der Waals surface area contributed by atoms with Crippen molar-refractivity contribution >= 4 is 23.4 Å². The zero-order chi connectivity index (χ0) is 10.2. The van der Waals surface area contributed by atoms with Gasteiger partial charge in [-0.15, -0.1) is 16.7 Å². The van der Waals surface area contributed by atoms with E-state index in [9.17, 15) is 0 Å². The van der Waals surface area contributed by atoms with Gasteiger partial charge in [-0.2, -0.15) is 0 Å². The van der Waals surface area contributed by atoms with E-state index in [4.69, 9.17) is 11.6 Å². The van der Waals surface area contributed by atoms with Crippen LogP contribution in [0.1, 0.15) is 25.7 Å². The number of aryl methyl sites for hydroxylation is 1. The fourth-order valence-corrected chi connectivity index (χ4v) is 2.09. The molecule has 4 nitrogen and oxygen atoms in total. The molecule has 0 aliphatic heterocycles. The molecule has 1 heterocycles. The van der Waals surface area contributed by atoms with Crippen LogP contribution >= 0.6 is 23.4 Å². The van der Waals surface area contributed by atoms with Crippen molar-refractivity contribution < 1.29 is 0 Å². The number of hydrogen-bond acceptors (Lipinski definition) is 4. The van der Waals surface area contributed by atoms with Crippen molar-refractivity contribution in [1.82, 2.24) is 20.2 Å². The Morgan fingerprint density at radius 2 is 2.07 bits per heavy atom. The Morgan fingerprint density at radius 1 is 1.29 bits per heavy atom. The van der Waals surface area contributed by atoms with Gasteiger partial charge in [-0.3, -0.25) is 0 Å². The smallest absolute Gasteiger partial charge is 0.209 e. The summed E-state index contributed by atoms with van der Waals surface area (Å²) in [6, 6.07) is 0. The second kappa shape index (κ2) is 7.06. The summed E-state index contributed by atoms with van der Waals surface area (Å²) in [5.74, 6) is 1.86. The van der Waals surface area contributed by atoms with E-state index < -0.39 is 0 Å². The van der Waals surface area contributed by atoms with Crippen molar-refractivity contribution in [1.29, 1.82) is 0 Å². The first-order valence-electron chi connectivity index (χ1n) is 4.75. The Labute approximate surface area is 93.4 Å². The summed E-state index contributed by atoms with van der Waals surface area (Å²) in [5, 5.41) is 12.1. The third kappa shape index (κ3) is 4.28. The minimum atomic E-state index is 0.778. The summed E-state index contributed by atoms with van der Waals surface area (Å²) in [4.78, 5) is 0. The SMILES string of the molecule is Cn1nnnc1SCCCCCCCl. The van der Waals surface area contributed by atoms with Crippen LogP contribution in [0.25, 0.3) is 0 Å². The second-order valence-corrected chi connectivity index (χ2v) is 4.48. The zero-order valence-electron chi connectivity index (χ0n) is 8.32. The van der Waals surface area contributed by atoms with Gasteiger partial charge in [0.05, 0.1) is 0 Å². The number of aromatic nitrogens is 4. The van der Waals surface area contributed by atoms with Crippen LogP contribution in [0.15, 0.2) is 5.16 Å². The van der Waals surface area contributed by atoms with Gasteiger partial charge in [-0.1, -0.05) is 24.6 Å². The number of tetrazole rings is 1. The number of unbranched alkanes of at least 4 members (excludes halogenated alkanes) is 3. The van der Waals surface area contributed by atoms with E-state index in [1.807, 2.05) is 7.05 Å². The summed E-state index contributed by atoms with van der Waals surface area (Å²) in [6.07, 6.45) is 4.79. The summed E-state index contributed by atoms with van der Waals surface area (Å²) in [6.45, 7) is 0. The molecule has 0 unspecified atom stereocenters. The van der Waals surface area contributed by atoms with Crippen molar-refractivity contribution in [2.24, 2.45) is 7.05 Å². The molecule has 0 fully saturated rings. The van der Waals surface area contributed by atoms with Gasteiger partial charge >= 0.3 is 0 Å². The van der Waals surface area contributed by atoms with Gasteiger partial charge in [0.1, 0.15) is 0 Å². The number of alkyl halides is 1. The fourth-order valence-electron chi connectivity index (χ4n) is 1.06. The standard InChI is InChI=1S/C8H15ClN4S/c1-13-8(10-11-12-13)14-7-5-3-2-4-6-9/h2-7H2,1H3. The van der Waals surface area contributed by atoms with Crippen LogP contribution in [0.3, 0.4) is 0 Å². The summed E-state index contributed by atoms with van der Waals surface area (Å²) in [7, 11) is 1.86. The lowest BCUT2D eigenvalue weighted by Gasteiger charge is -1.99. The Bertz CT molecular complexity index is 253. The molecule has 0 saturated heterocycles. The lowest BCUT2D eigenvalue weighted by atomic mass is 10.2. The van der Waals surface area contributed by atoms with E-state index in [1.165, 1.54) is 19.3 Å². The van der Waals surface area contributed by atoms with Crippen LogP contribution in [0.4, 0.5) is 0 Å². The third-order valence-electron chi connectivity index (χ3n) is 1.84. The molecule has 1 aromatic rings. The predicted octanol–water partition coefficient (Wildman–Crippen LogP) is 2.10. The summed E-state index contributed by atoms with van der Waals surface area (Å²) >= 11 is 7.29. The van der Waals surface area contributed by atoms with E-state index in [-0.39, 0.29) is 0 Å². The Balaban J connectivity index is 2.02. The van der Waals surface area contributed by atoms with Crippen LogP contribution in [0.2, 0.25) is 0 Å². The predicted molar refractivity (Wildman–Crippen MR) is 58.7 cm³/mol. The Hall–Kier alpha value is -0.290. The highest BCUT2D eigenvalue weighted by atomic mass is 35.5. The molecular formula is C8H15ClN4S. The van der Waals surface area contributed by atoms with E-state index in [0.717, 1.165) is 23.2 Å². The minimum Gasteiger partial charge on any atom is -0.224 e. The average Bonchev–Trinajstić information content (AvgIpc) is 2.58. The largest absolute Gasteiger partial charge is 0.224 e. The topological polar surface area (TPSA) is 43.6 Å².